The Morgan fingerprint density at radius 2 is 2.24 bits per heavy atom. The summed E-state index contributed by atoms with van der Waals surface area (Å²) in [7, 11) is 1.44. The molecule has 1 aromatic rings. The van der Waals surface area contributed by atoms with Crippen molar-refractivity contribution in [3.8, 4) is 5.75 Å². The highest BCUT2D eigenvalue weighted by Gasteiger charge is 2.45. The van der Waals surface area contributed by atoms with Gasteiger partial charge in [-0.3, -0.25) is 4.79 Å². The molecule has 0 unspecified atom stereocenters. The number of benzene rings is 1. The van der Waals surface area contributed by atoms with Crippen LogP contribution in [0.15, 0.2) is 18.2 Å². The molecule has 0 spiro atoms. The summed E-state index contributed by atoms with van der Waals surface area (Å²) in [6, 6.07) is 4.76. The van der Waals surface area contributed by atoms with Crippen LogP contribution >= 0.6 is 0 Å². The second-order valence-corrected chi connectivity index (χ2v) is 4.33. The van der Waals surface area contributed by atoms with Crippen LogP contribution < -0.4 is 10.1 Å². The molecule has 3 nitrogen and oxygen atoms in total. The molecule has 1 N–H and O–H groups in total. The number of hydrogen-bond acceptors (Lipinski definition) is 2. The molecule has 2 rings (SSSR count). The van der Waals surface area contributed by atoms with E-state index in [1.165, 1.54) is 13.2 Å². The summed E-state index contributed by atoms with van der Waals surface area (Å²) in [5, 5.41) is 2.99. The molecule has 1 amide bonds. The highest BCUT2D eigenvalue weighted by molar-refractivity contribution is 5.77. The molecule has 0 atom stereocenters. The van der Waals surface area contributed by atoms with Crippen LogP contribution in [0.1, 0.15) is 31.7 Å². The third kappa shape index (κ3) is 2.25. The zero-order valence-electron chi connectivity index (χ0n) is 10.0. The predicted molar refractivity (Wildman–Crippen MR) is 62.3 cm³/mol. The molecular weight excluding hydrogens is 221 g/mol. The largest absolute Gasteiger partial charge is 0.494 e. The summed E-state index contributed by atoms with van der Waals surface area (Å²) in [5.74, 6) is -0.140. The number of carbonyl (C=O) groups excluding carboxylic acids is 1. The molecule has 0 aliphatic heterocycles. The summed E-state index contributed by atoms with van der Waals surface area (Å²) < 4.78 is 18.2. The van der Waals surface area contributed by atoms with Crippen molar-refractivity contribution >= 4 is 5.91 Å². The lowest BCUT2D eigenvalue weighted by atomic mass is 10.0. The van der Waals surface area contributed by atoms with Gasteiger partial charge in [-0.2, -0.15) is 0 Å². The third-order valence-electron chi connectivity index (χ3n) is 3.15. The molecule has 0 bridgehead atoms. The van der Waals surface area contributed by atoms with E-state index in [0.29, 0.717) is 6.42 Å². The monoisotopic (exact) mass is 237 g/mol. The highest BCUT2D eigenvalue weighted by atomic mass is 19.1. The van der Waals surface area contributed by atoms with Gasteiger partial charge in [0.1, 0.15) is 0 Å². The van der Waals surface area contributed by atoms with Gasteiger partial charge in [0.2, 0.25) is 5.91 Å². The summed E-state index contributed by atoms with van der Waals surface area (Å²) in [6.07, 6.45) is 2.25. The van der Waals surface area contributed by atoms with E-state index in [2.05, 4.69) is 5.32 Å². The van der Waals surface area contributed by atoms with Gasteiger partial charge in [-0.15, -0.1) is 0 Å². The van der Waals surface area contributed by atoms with E-state index in [9.17, 15) is 9.18 Å². The fourth-order valence-corrected chi connectivity index (χ4v) is 1.92. The smallest absolute Gasteiger partial charge is 0.220 e. The number of hydrogen-bond donors (Lipinski definition) is 1. The number of amides is 1. The zero-order chi connectivity index (χ0) is 12.5. The summed E-state index contributed by atoms with van der Waals surface area (Å²) in [5.41, 5.74) is 0.617. The van der Waals surface area contributed by atoms with Gasteiger partial charge in [0.15, 0.2) is 11.6 Å². The third-order valence-corrected chi connectivity index (χ3v) is 3.15. The van der Waals surface area contributed by atoms with Gasteiger partial charge < -0.3 is 10.1 Å². The standard InChI is InChI=1S/C13H16FNO2/c1-3-12(16)15-13(6-7-13)9-4-5-10(14)11(8-9)17-2/h4-5,8H,3,6-7H2,1-2H3,(H,15,16). The fourth-order valence-electron chi connectivity index (χ4n) is 1.92. The lowest BCUT2D eigenvalue weighted by molar-refractivity contribution is -0.121. The van der Waals surface area contributed by atoms with Gasteiger partial charge in [-0.05, 0) is 30.5 Å². The van der Waals surface area contributed by atoms with Crippen LogP contribution in [-0.2, 0) is 10.3 Å². The Hall–Kier alpha value is -1.58. The van der Waals surface area contributed by atoms with Crippen molar-refractivity contribution in [3.63, 3.8) is 0 Å². The molecule has 92 valence electrons. The van der Waals surface area contributed by atoms with Gasteiger partial charge in [-0.25, -0.2) is 4.39 Å². The molecule has 1 fully saturated rings. The first-order chi connectivity index (χ1) is 8.11. The minimum absolute atomic E-state index is 0.0193. The molecule has 1 aliphatic carbocycles. The maximum atomic E-state index is 13.3. The maximum Gasteiger partial charge on any atom is 0.220 e. The van der Waals surface area contributed by atoms with Crippen molar-refractivity contribution < 1.29 is 13.9 Å². The normalized spacial score (nSPS) is 16.4. The van der Waals surface area contributed by atoms with Crippen LogP contribution in [0, 0.1) is 5.82 Å². The second-order valence-electron chi connectivity index (χ2n) is 4.33. The van der Waals surface area contributed by atoms with Gasteiger partial charge in [0.25, 0.3) is 0 Å². The first-order valence-corrected chi connectivity index (χ1v) is 5.76. The van der Waals surface area contributed by atoms with Gasteiger partial charge in [-0.1, -0.05) is 13.0 Å². The van der Waals surface area contributed by atoms with Crippen molar-refractivity contribution in [2.24, 2.45) is 0 Å². The number of carbonyl (C=O) groups is 1. The number of nitrogens with one attached hydrogen (secondary N) is 1. The van der Waals surface area contributed by atoms with E-state index in [1.807, 2.05) is 6.92 Å². The lowest BCUT2D eigenvalue weighted by Gasteiger charge is -2.18. The first-order valence-electron chi connectivity index (χ1n) is 5.76. The molecule has 1 aromatic carbocycles. The molecule has 1 aliphatic rings. The summed E-state index contributed by atoms with van der Waals surface area (Å²) in [4.78, 5) is 11.4. The summed E-state index contributed by atoms with van der Waals surface area (Å²) in [6.45, 7) is 1.82. The van der Waals surface area contributed by atoms with Crippen LogP contribution in [0.3, 0.4) is 0 Å². The quantitative estimate of drug-likeness (QED) is 0.873. The molecule has 0 radical (unpaired) electrons. The van der Waals surface area contributed by atoms with Crippen molar-refractivity contribution in [2.75, 3.05) is 7.11 Å². The average molecular weight is 237 g/mol. The van der Waals surface area contributed by atoms with Crippen molar-refractivity contribution in [3.05, 3.63) is 29.6 Å². The minimum Gasteiger partial charge on any atom is -0.494 e. The highest BCUT2D eigenvalue weighted by Crippen LogP contribution is 2.46. The lowest BCUT2D eigenvalue weighted by Crippen LogP contribution is -2.34. The Labute approximate surface area is 100.0 Å². The van der Waals surface area contributed by atoms with Crippen molar-refractivity contribution in [1.82, 2.24) is 5.32 Å². The number of methoxy groups -OCH3 is 1. The zero-order valence-corrected chi connectivity index (χ0v) is 10.0. The number of ether oxygens (including phenoxy) is 1. The molecular formula is C13H16FNO2. The average Bonchev–Trinajstić information content (AvgIpc) is 3.10. The molecule has 0 aromatic heterocycles. The van der Waals surface area contributed by atoms with Crippen LogP contribution in [0.4, 0.5) is 4.39 Å². The van der Waals surface area contributed by atoms with Gasteiger partial charge in [0.05, 0.1) is 12.6 Å². The van der Waals surface area contributed by atoms with Gasteiger partial charge >= 0.3 is 0 Å². The minimum atomic E-state index is -0.381. The van der Waals surface area contributed by atoms with Crippen LogP contribution in [0.2, 0.25) is 0 Å². The summed E-state index contributed by atoms with van der Waals surface area (Å²) >= 11 is 0. The van der Waals surface area contributed by atoms with Crippen LogP contribution in [0.25, 0.3) is 0 Å². The van der Waals surface area contributed by atoms with E-state index in [1.54, 1.807) is 12.1 Å². The molecule has 1 saturated carbocycles. The first kappa shape index (κ1) is 11.9. The molecule has 0 saturated heterocycles. The van der Waals surface area contributed by atoms with E-state index in [4.69, 9.17) is 4.74 Å². The van der Waals surface area contributed by atoms with E-state index < -0.39 is 0 Å². The topological polar surface area (TPSA) is 38.3 Å². The Morgan fingerprint density at radius 1 is 1.53 bits per heavy atom. The molecule has 4 heteroatoms. The van der Waals surface area contributed by atoms with E-state index in [-0.39, 0.29) is 23.0 Å². The van der Waals surface area contributed by atoms with Gasteiger partial charge in [0, 0.05) is 6.42 Å². The number of rotatable bonds is 4. The van der Waals surface area contributed by atoms with E-state index in [0.717, 1.165) is 18.4 Å². The van der Waals surface area contributed by atoms with Crippen LogP contribution in [-0.4, -0.2) is 13.0 Å². The maximum absolute atomic E-state index is 13.3. The van der Waals surface area contributed by atoms with Crippen molar-refractivity contribution in [1.29, 1.82) is 0 Å². The van der Waals surface area contributed by atoms with Crippen LogP contribution in [0.5, 0.6) is 5.75 Å². The van der Waals surface area contributed by atoms with E-state index >= 15 is 0 Å². The SMILES string of the molecule is CCC(=O)NC1(c2ccc(F)c(OC)c2)CC1. The number of halogens is 1. The molecule has 17 heavy (non-hydrogen) atoms. The Bertz CT molecular complexity index is 441. The Morgan fingerprint density at radius 3 is 2.76 bits per heavy atom. The Kier molecular flexibility index (Phi) is 3.05. The fraction of sp³-hybridized carbons (Fsp3) is 0.462. The Balaban J connectivity index is 2.25. The van der Waals surface area contributed by atoms with Crippen molar-refractivity contribution in [2.45, 2.75) is 31.7 Å². The molecule has 0 heterocycles. The predicted octanol–water partition coefficient (Wildman–Crippen LogP) is 2.35. The second kappa shape index (κ2) is 4.35.